The molecule has 114 valence electrons. The third-order valence-electron chi connectivity index (χ3n) is 3.10. The summed E-state index contributed by atoms with van der Waals surface area (Å²) in [5.41, 5.74) is 7.73. The molecule has 2 rings (SSSR count). The molecular formula is C15H20N2O3S. The Kier molecular flexibility index (Phi) is 4.90. The van der Waals surface area contributed by atoms with E-state index in [1.165, 1.54) is 11.3 Å². The molecule has 0 aliphatic carbocycles. The topological polar surface area (TPSA) is 66.6 Å². The predicted molar refractivity (Wildman–Crippen MR) is 85.6 cm³/mol. The maximum Gasteiger partial charge on any atom is 0.203 e. The zero-order valence-corrected chi connectivity index (χ0v) is 13.5. The molecule has 0 spiro atoms. The Morgan fingerprint density at radius 2 is 1.71 bits per heavy atom. The van der Waals surface area contributed by atoms with Crippen molar-refractivity contribution >= 4 is 16.3 Å². The molecular weight excluding hydrogens is 288 g/mol. The number of anilines is 1. The summed E-state index contributed by atoms with van der Waals surface area (Å²) in [6.45, 7) is 2.12. The maximum absolute atomic E-state index is 6.10. The molecule has 1 heterocycles. The Bertz CT molecular complexity index is 600. The average molecular weight is 308 g/mol. The van der Waals surface area contributed by atoms with Gasteiger partial charge in [-0.1, -0.05) is 6.92 Å². The van der Waals surface area contributed by atoms with Crippen molar-refractivity contribution < 1.29 is 14.2 Å². The number of ether oxygens (including phenoxy) is 3. The fourth-order valence-corrected chi connectivity index (χ4v) is 3.08. The highest BCUT2D eigenvalue weighted by atomic mass is 32.1. The largest absolute Gasteiger partial charge is 0.493 e. The molecule has 0 unspecified atom stereocenters. The lowest BCUT2D eigenvalue weighted by atomic mass is 10.1. The molecule has 2 N–H and O–H groups in total. The van der Waals surface area contributed by atoms with Gasteiger partial charge in [-0.25, -0.2) is 4.98 Å². The number of thiazole rings is 1. The second-order valence-electron chi connectivity index (χ2n) is 4.48. The number of aromatic nitrogens is 1. The zero-order chi connectivity index (χ0) is 15.4. The van der Waals surface area contributed by atoms with Crippen molar-refractivity contribution in [2.45, 2.75) is 19.8 Å². The van der Waals surface area contributed by atoms with Crippen LogP contribution in [0.1, 0.15) is 18.4 Å². The van der Waals surface area contributed by atoms with Crippen molar-refractivity contribution in [3.63, 3.8) is 0 Å². The fraction of sp³-hybridized carbons (Fsp3) is 0.400. The summed E-state index contributed by atoms with van der Waals surface area (Å²) in [5.74, 6) is 1.75. The second kappa shape index (κ2) is 6.67. The van der Waals surface area contributed by atoms with Crippen molar-refractivity contribution in [1.82, 2.24) is 4.98 Å². The minimum Gasteiger partial charge on any atom is -0.493 e. The predicted octanol–water partition coefficient (Wildman–Crippen LogP) is 3.37. The van der Waals surface area contributed by atoms with E-state index in [1.807, 2.05) is 12.1 Å². The van der Waals surface area contributed by atoms with Crippen LogP contribution in [-0.2, 0) is 6.42 Å². The summed E-state index contributed by atoms with van der Waals surface area (Å²) in [6.07, 6.45) is 1.97. The summed E-state index contributed by atoms with van der Waals surface area (Å²) in [5, 5.41) is 1.74. The van der Waals surface area contributed by atoms with Gasteiger partial charge in [0, 0.05) is 5.56 Å². The van der Waals surface area contributed by atoms with Gasteiger partial charge in [0.2, 0.25) is 5.75 Å². The number of hydrogen-bond acceptors (Lipinski definition) is 6. The lowest BCUT2D eigenvalue weighted by molar-refractivity contribution is 0.324. The molecule has 5 nitrogen and oxygen atoms in total. The van der Waals surface area contributed by atoms with E-state index in [0.29, 0.717) is 22.2 Å². The molecule has 0 saturated carbocycles. The van der Waals surface area contributed by atoms with Crippen LogP contribution in [0.15, 0.2) is 12.1 Å². The minimum absolute atomic E-state index is 0.561. The molecule has 1 aromatic heterocycles. The van der Waals surface area contributed by atoms with Gasteiger partial charge in [-0.3, -0.25) is 0 Å². The van der Waals surface area contributed by atoms with Crippen LogP contribution in [0.4, 0.5) is 5.00 Å². The van der Waals surface area contributed by atoms with Crippen LogP contribution in [-0.4, -0.2) is 26.3 Å². The molecule has 0 atom stereocenters. The summed E-state index contributed by atoms with van der Waals surface area (Å²) in [4.78, 5) is 4.62. The molecule has 0 amide bonds. The Morgan fingerprint density at radius 1 is 1.10 bits per heavy atom. The van der Waals surface area contributed by atoms with Crippen molar-refractivity contribution in [1.29, 1.82) is 0 Å². The molecule has 6 heteroatoms. The monoisotopic (exact) mass is 308 g/mol. The van der Waals surface area contributed by atoms with Gasteiger partial charge in [0.1, 0.15) is 10.7 Å². The summed E-state index contributed by atoms with van der Waals surface area (Å²) < 4.78 is 16.1. The Labute approximate surface area is 128 Å². The number of aryl methyl sites for hydroxylation is 1. The van der Waals surface area contributed by atoms with Gasteiger partial charge < -0.3 is 19.9 Å². The first-order valence-corrected chi connectivity index (χ1v) is 7.51. The van der Waals surface area contributed by atoms with Gasteiger partial charge in [0.15, 0.2) is 11.5 Å². The van der Waals surface area contributed by atoms with Crippen molar-refractivity contribution in [3.8, 4) is 28.5 Å². The molecule has 0 fully saturated rings. The average Bonchev–Trinajstić information content (AvgIpc) is 2.86. The number of rotatable bonds is 6. The van der Waals surface area contributed by atoms with Crippen molar-refractivity contribution in [2.24, 2.45) is 0 Å². The molecule has 0 bridgehead atoms. The third kappa shape index (κ3) is 3.05. The molecule has 0 aliphatic heterocycles. The number of benzene rings is 1. The Balaban J connectivity index is 2.53. The maximum atomic E-state index is 6.10. The Hall–Kier alpha value is -1.95. The van der Waals surface area contributed by atoms with Gasteiger partial charge in [0.05, 0.1) is 26.3 Å². The van der Waals surface area contributed by atoms with Crippen LogP contribution in [0.3, 0.4) is 0 Å². The van der Waals surface area contributed by atoms with Crippen LogP contribution in [0.25, 0.3) is 11.3 Å². The first-order valence-electron chi connectivity index (χ1n) is 6.70. The SMILES string of the molecule is CCCc1nc(-c2cc(OC)c(OC)c(OC)c2)c(N)s1. The number of nitrogens with zero attached hydrogens (tertiary/aromatic N) is 1. The van der Waals surface area contributed by atoms with Crippen LogP contribution in [0, 0.1) is 0 Å². The van der Waals surface area contributed by atoms with Crippen LogP contribution < -0.4 is 19.9 Å². The lowest BCUT2D eigenvalue weighted by Gasteiger charge is -2.13. The van der Waals surface area contributed by atoms with E-state index in [0.717, 1.165) is 29.1 Å². The van der Waals surface area contributed by atoms with E-state index in [2.05, 4.69) is 11.9 Å². The van der Waals surface area contributed by atoms with Crippen LogP contribution >= 0.6 is 11.3 Å². The highest BCUT2D eigenvalue weighted by Crippen LogP contribution is 2.42. The highest BCUT2D eigenvalue weighted by Gasteiger charge is 2.17. The first-order chi connectivity index (χ1) is 10.1. The second-order valence-corrected chi connectivity index (χ2v) is 5.60. The molecule has 21 heavy (non-hydrogen) atoms. The summed E-state index contributed by atoms with van der Waals surface area (Å²) >= 11 is 1.52. The van der Waals surface area contributed by atoms with Gasteiger partial charge in [0.25, 0.3) is 0 Å². The smallest absolute Gasteiger partial charge is 0.203 e. The van der Waals surface area contributed by atoms with Crippen molar-refractivity contribution in [3.05, 3.63) is 17.1 Å². The van der Waals surface area contributed by atoms with E-state index >= 15 is 0 Å². The Morgan fingerprint density at radius 3 is 2.19 bits per heavy atom. The van der Waals surface area contributed by atoms with Gasteiger partial charge in [-0.15, -0.1) is 11.3 Å². The fourth-order valence-electron chi connectivity index (χ4n) is 2.12. The summed E-state index contributed by atoms with van der Waals surface area (Å²) in [6, 6.07) is 3.73. The molecule has 2 aromatic rings. The van der Waals surface area contributed by atoms with Crippen molar-refractivity contribution in [2.75, 3.05) is 27.1 Å². The zero-order valence-electron chi connectivity index (χ0n) is 12.7. The number of nitrogen functional groups attached to an aromatic ring is 1. The third-order valence-corrected chi connectivity index (χ3v) is 4.04. The van der Waals surface area contributed by atoms with Crippen LogP contribution in [0.2, 0.25) is 0 Å². The highest BCUT2D eigenvalue weighted by molar-refractivity contribution is 7.16. The molecule has 0 aliphatic rings. The number of hydrogen-bond donors (Lipinski definition) is 1. The van der Waals surface area contributed by atoms with E-state index in [4.69, 9.17) is 19.9 Å². The molecule has 0 radical (unpaired) electrons. The van der Waals surface area contributed by atoms with Crippen LogP contribution in [0.5, 0.6) is 17.2 Å². The minimum atomic E-state index is 0.561. The van der Waals surface area contributed by atoms with E-state index in [9.17, 15) is 0 Å². The number of methoxy groups -OCH3 is 3. The molecule has 0 saturated heterocycles. The first kappa shape index (κ1) is 15.4. The number of nitrogens with two attached hydrogens (primary N) is 1. The quantitative estimate of drug-likeness (QED) is 0.886. The van der Waals surface area contributed by atoms with Gasteiger partial charge in [-0.05, 0) is 25.0 Å². The van der Waals surface area contributed by atoms with Gasteiger partial charge >= 0.3 is 0 Å². The summed E-state index contributed by atoms with van der Waals surface area (Å²) in [7, 11) is 4.76. The lowest BCUT2D eigenvalue weighted by Crippen LogP contribution is -1.96. The van der Waals surface area contributed by atoms with E-state index in [1.54, 1.807) is 21.3 Å². The standard InChI is InChI=1S/C15H20N2O3S/c1-5-6-12-17-13(15(16)21-12)9-7-10(18-2)14(20-4)11(8-9)19-3/h7-8H,5-6,16H2,1-4H3. The van der Waals surface area contributed by atoms with Gasteiger partial charge in [-0.2, -0.15) is 0 Å². The normalized spacial score (nSPS) is 10.5. The molecule has 1 aromatic carbocycles. The van der Waals surface area contributed by atoms with E-state index < -0.39 is 0 Å². The van der Waals surface area contributed by atoms with E-state index in [-0.39, 0.29) is 0 Å².